The first-order valence-electron chi connectivity index (χ1n) is 15.5. The van der Waals surface area contributed by atoms with E-state index in [0.717, 1.165) is 72.7 Å². The third-order valence-corrected chi connectivity index (χ3v) is 8.68. The van der Waals surface area contributed by atoms with Gasteiger partial charge in [-0.05, 0) is 36.6 Å². The molecular weight excluding hydrogens is 554 g/mol. The molecule has 1 aliphatic carbocycles. The molecule has 6 rings (SSSR count). The van der Waals surface area contributed by atoms with Crippen molar-refractivity contribution < 1.29 is 9.53 Å². The second kappa shape index (κ2) is 13.1. The fourth-order valence-electron chi connectivity index (χ4n) is 6.37. The molecule has 2 aliphatic rings. The Labute approximate surface area is 258 Å². The molecule has 0 radical (unpaired) electrons. The molecule has 0 bridgehead atoms. The first-order chi connectivity index (χ1) is 21.4. The average molecular weight is 596 g/mol. The maximum absolute atomic E-state index is 14.6. The number of nitrogens with one attached hydrogen (secondary N) is 1. The van der Waals surface area contributed by atoms with Crippen LogP contribution in [0.4, 0.5) is 5.82 Å². The van der Waals surface area contributed by atoms with E-state index < -0.39 is 0 Å². The van der Waals surface area contributed by atoms with Crippen molar-refractivity contribution in [2.75, 3.05) is 52.3 Å². The van der Waals surface area contributed by atoms with Gasteiger partial charge in [-0.15, -0.1) is 0 Å². The van der Waals surface area contributed by atoms with E-state index in [4.69, 9.17) is 9.72 Å². The highest BCUT2D eigenvalue weighted by Crippen LogP contribution is 2.34. The van der Waals surface area contributed by atoms with Gasteiger partial charge in [0.2, 0.25) is 5.88 Å². The largest absolute Gasteiger partial charge is 0.481 e. The summed E-state index contributed by atoms with van der Waals surface area (Å²) in [6, 6.07) is 17.7. The number of ether oxygens (including phenoxy) is 1. The van der Waals surface area contributed by atoms with Crippen LogP contribution in [0.25, 0.3) is 22.5 Å². The Hall–Kier alpha value is -4.44. The Morgan fingerprint density at radius 2 is 1.75 bits per heavy atom. The van der Waals surface area contributed by atoms with E-state index in [1.165, 1.54) is 6.42 Å². The quantitative estimate of drug-likeness (QED) is 0.322. The van der Waals surface area contributed by atoms with E-state index in [2.05, 4.69) is 10.3 Å². The monoisotopic (exact) mass is 595 g/mol. The van der Waals surface area contributed by atoms with Crippen LogP contribution in [0.1, 0.15) is 54.2 Å². The van der Waals surface area contributed by atoms with Crippen molar-refractivity contribution in [1.29, 1.82) is 0 Å². The number of hydrogen-bond donors (Lipinski definition) is 1. The normalized spacial score (nSPS) is 15.8. The molecular formula is C34H41N7O3. The molecule has 3 aromatic heterocycles. The zero-order valence-corrected chi connectivity index (χ0v) is 25.8. The van der Waals surface area contributed by atoms with Crippen molar-refractivity contribution >= 4 is 11.7 Å². The van der Waals surface area contributed by atoms with E-state index in [-0.39, 0.29) is 24.2 Å². The van der Waals surface area contributed by atoms with Crippen LogP contribution in [-0.4, -0.2) is 77.3 Å². The summed E-state index contributed by atoms with van der Waals surface area (Å²) >= 11 is 0. The molecule has 1 aromatic carbocycles. The van der Waals surface area contributed by atoms with Crippen LogP contribution in [0.5, 0.6) is 5.88 Å². The maximum atomic E-state index is 14.6. The third-order valence-electron chi connectivity index (χ3n) is 8.68. The number of imidazole rings is 1. The third kappa shape index (κ3) is 5.99. The van der Waals surface area contributed by atoms with Crippen LogP contribution in [0.3, 0.4) is 0 Å². The van der Waals surface area contributed by atoms with Crippen molar-refractivity contribution in [2.24, 2.45) is 0 Å². The van der Waals surface area contributed by atoms with Crippen molar-refractivity contribution in [1.82, 2.24) is 29.3 Å². The molecule has 10 nitrogen and oxygen atoms in total. The molecule has 1 amide bonds. The number of hydrogen-bond acceptors (Lipinski definition) is 7. The van der Waals surface area contributed by atoms with Crippen molar-refractivity contribution in [2.45, 2.75) is 44.7 Å². The highest BCUT2D eigenvalue weighted by Gasteiger charge is 2.33. The van der Waals surface area contributed by atoms with Crippen LogP contribution < -0.4 is 20.6 Å². The number of rotatable bonds is 8. The van der Waals surface area contributed by atoms with Crippen LogP contribution in [0, 0.1) is 0 Å². The number of piperazine rings is 1. The van der Waals surface area contributed by atoms with Gasteiger partial charge in [0.1, 0.15) is 11.5 Å². The predicted molar refractivity (Wildman–Crippen MR) is 172 cm³/mol. The van der Waals surface area contributed by atoms with E-state index in [0.29, 0.717) is 24.7 Å². The van der Waals surface area contributed by atoms with E-state index in [9.17, 15) is 9.59 Å². The second-order valence-electron chi connectivity index (χ2n) is 11.8. The van der Waals surface area contributed by atoms with Gasteiger partial charge in [0, 0.05) is 69.7 Å². The minimum absolute atomic E-state index is 0.0537. The topological polar surface area (TPSA) is 97.5 Å². The zero-order valence-electron chi connectivity index (χ0n) is 25.8. The lowest BCUT2D eigenvalue weighted by molar-refractivity contribution is 0.0725. The number of amides is 1. The van der Waals surface area contributed by atoms with Crippen LogP contribution >= 0.6 is 0 Å². The molecule has 1 aliphatic heterocycles. The summed E-state index contributed by atoms with van der Waals surface area (Å²) in [7, 11) is 5.48. The van der Waals surface area contributed by atoms with Gasteiger partial charge in [-0.3, -0.25) is 13.9 Å². The van der Waals surface area contributed by atoms with Gasteiger partial charge in [-0.1, -0.05) is 49.6 Å². The van der Waals surface area contributed by atoms with Gasteiger partial charge in [0.05, 0.1) is 25.0 Å². The number of nitrogens with zero attached hydrogens (tertiary/aromatic N) is 6. The molecule has 0 spiro atoms. The van der Waals surface area contributed by atoms with E-state index in [1.54, 1.807) is 17.9 Å². The Balaban J connectivity index is 1.53. The smallest absolute Gasteiger partial charge is 0.329 e. The molecule has 10 heteroatoms. The summed E-state index contributed by atoms with van der Waals surface area (Å²) in [5, 5.41) is 3.34. The Morgan fingerprint density at radius 3 is 2.41 bits per heavy atom. The molecule has 0 unspecified atom stereocenters. The SMILES string of the molecule is COc1ccc(-c2cc(Cn3c(C(=O)N4CCNCC4)c(-c4ccccc4)n(C4CCCCC4)c3=O)cc(N(C)C)n2)cn1. The zero-order chi connectivity index (χ0) is 30.6. The summed E-state index contributed by atoms with van der Waals surface area (Å²) in [4.78, 5) is 42.1. The summed E-state index contributed by atoms with van der Waals surface area (Å²) < 4.78 is 8.90. The Bertz CT molecular complexity index is 1650. The average Bonchev–Trinajstić information content (AvgIpc) is 3.36. The predicted octanol–water partition coefficient (Wildman–Crippen LogP) is 4.45. The highest BCUT2D eigenvalue weighted by molar-refractivity contribution is 5.99. The first kappa shape index (κ1) is 29.6. The fourth-order valence-corrected chi connectivity index (χ4v) is 6.37. The number of carbonyl (C=O) groups is 1. The minimum atomic E-state index is -0.134. The molecule has 1 saturated heterocycles. The second-order valence-corrected chi connectivity index (χ2v) is 11.8. The number of anilines is 1. The fraction of sp³-hybridized carbons (Fsp3) is 0.412. The summed E-state index contributed by atoms with van der Waals surface area (Å²) in [5.74, 6) is 1.18. The molecule has 0 atom stereocenters. The summed E-state index contributed by atoms with van der Waals surface area (Å²) in [6.45, 7) is 2.91. The van der Waals surface area contributed by atoms with Crippen LogP contribution in [0.15, 0.2) is 65.6 Å². The lowest BCUT2D eigenvalue weighted by Crippen LogP contribution is -2.47. The highest BCUT2D eigenvalue weighted by atomic mass is 16.5. The standard InChI is InChI=1S/C34H41N7O3/c1-38(2)29-21-24(20-28(37-29)26-14-15-30(44-3)36-22-26)23-40-32(33(42)39-18-16-35-17-19-39)31(25-10-6-4-7-11-25)41(34(40)43)27-12-8-5-9-13-27/h4,6-7,10-11,14-15,20-22,27,35H,5,8-9,12-13,16-19,23H2,1-3H3. The lowest BCUT2D eigenvalue weighted by atomic mass is 9.94. The van der Waals surface area contributed by atoms with E-state index in [1.807, 2.05) is 83.1 Å². The molecule has 1 saturated carbocycles. The molecule has 44 heavy (non-hydrogen) atoms. The molecule has 230 valence electrons. The van der Waals surface area contributed by atoms with Gasteiger partial charge in [-0.2, -0.15) is 0 Å². The summed E-state index contributed by atoms with van der Waals surface area (Å²) in [5.41, 5.74) is 4.40. The van der Waals surface area contributed by atoms with Crippen molar-refractivity contribution in [3.63, 3.8) is 0 Å². The van der Waals surface area contributed by atoms with E-state index >= 15 is 0 Å². The van der Waals surface area contributed by atoms with Gasteiger partial charge >= 0.3 is 5.69 Å². The van der Waals surface area contributed by atoms with Gasteiger partial charge in [-0.25, -0.2) is 14.8 Å². The Kier molecular flexibility index (Phi) is 8.79. The number of aromatic nitrogens is 4. The van der Waals surface area contributed by atoms with Gasteiger partial charge in [0.25, 0.3) is 5.91 Å². The van der Waals surface area contributed by atoms with Crippen molar-refractivity contribution in [3.05, 3.63) is 82.5 Å². The summed E-state index contributed by atoms with van der Waals surface area (Å²) in [6.07, 6.45) is 6.93. The molecule has 1 N–H and O–H groups in total. The molecule has 2 fully saturated rings. The van der Waals surface area contributed by atoms with Crippen LogP contribution in [0.2, 0.25) is 0 Å². The first-order valence-corrected chi connectivity index (χ1v) is 15.5. The Morgan fingerprint density at radius 1 is 1.00 bits per heavy atom. The van der Waals surface area contributed by atoms with Crippen LogP contribution in [-0.2, 0) is 6.54 Å². The number of pyridine rings is 2. The number of carbonyl (C=O) groups excluding carboxylic acids is 1. The van der Waals surface area contributed by atoms with Gasteiger partial charge < -0.3 is 19.9 Å². The number of benzene rings is 1. The lowest BCUT2D eigenvalue weighted by Gasteiger charge is -2.28. The molecule has 4 aromatic rings. The maximum Gasteiger partial charge on any atom is 0.329 e. The van der Waals surface area contributed by atoms with Crippen molar-refractivity contribution in [3.8, 4) is 28.4 Å². The minimum Gasteiger partial charge on any atom is -0.481 e. The van der Waals surface area contributed by atoms with Gasteiger partial charge in [0.15, 0.2) is 0 Å². The molecule has 4 heterocycles. The number of methoxy groups -OCH3 is 1.